The van der Waals surface area contributed by atoms with Gasteiger partial charge in [0.1, 0.15) is 0 Å². The van der Waals surface area contributed by atoms with E-state index in [1.54, 1.807) is 6.92 Å². The minimum absolute atomic E-state index is 0.280. The molecule has 6 heteroatoms. The molecule has 1 aliphatic carbocycles. The Kier molecular flexibility index (Phi) is 20.4. The fraction of sp³-hybridized carbons (Fsp3) is 0.375. The number of rotatable bonds is 3. The molecule has 1 saturated carbocycles. The third-order valence-electron chi connectivity index (χ3n) is 3.17. The van der Waals surface area contributed by atoms with E-state index in [1.165, 1.54) is 29.7 Å². The van der Waals surface area contributed by atoms with E-state index in [2.05, 4.69) is 50.7 Å². The van der Waals surface area contributed by atoms with Crippen LogP contribution in [0.25, 0.3) is 0 Å². The van der Waals surface area contributed by atoms with E-state index in [9.17, 15) is 4.79 Å². The van der Waals surface area contributed by atoms with Gasteiger partial charge in [-0.3, -0.25) is 0 Å². The Morgan fingerprint density at radius 3 is 1.73 bits per heavy atom. The van der Waals surface area contributed by atoms with Crippen molar-refractivity contribution < 1.29 is 36.1 Å². The van der Waals surface area contributed by atoms with Crippen molar-refractivity contribution in [3.05, 3.63) is 55.0 Å². The van der Waals surface area contributed by atoms with E-state index in [0.29, 0.717) is 6.61 Å². The second kappa shape index (κ2) is 17.0. The first-order valence-corrected chi connectivity index (χ1v) is 8.34. The molecule has 4 nitrogen and oxygen atoms in total. The summed E-state index contributed by atoms with van der Waals surface area (Å²) in [5, 5.41) is 0. The first-order valence-electron chi connectivity index (χ1n) is 6.11. The first-order chi connectivity index (χ1) is 10.5. The standard InChI is InChI=1S/C14H19O2.2CO.ClH.Ru/c1-6-16-14(15)8-7-13-11(4)9(2)10(3)12(13)5;2*1-2;;/h7-8H,6H2,1-5H3;;;1H;/q;;;;+2/p-1/b8-7+;;;;. The maximum atomic E-state index is 11.2. The van der Waals surface area contributed by atoms with Gasteiger partial charge in [0.15, 0.2) is 0 Å². The van der Waals surface area contributed by atoms with Gasteiger partial charge in [0.25, 0.3) is 0 Å². The molecular formula is C16H19ClO4Ru+. The van der Waals surface area contributed by atoms with Crippen molar-refractivity contribution in [2.45, 2.75) is 34.6 Å². The normalized spacial score (nSPS) is 16.7. The first kappa shape index (κ1) is 26.5. The van der Waals surface area contributed by atoms with Crippen LogP contribution in [0, 0.1) is 42.9 Å². The average molecular weight is 412 g/mol. The molecule has 121 valence electrons. The molecule has 0 aromatic heterocycles. The van der Waals surface area contributed by atoms with Gasteiger partial charge in [-0.1, -0.05) is 33.8 Å². The van der Waals surface area contributed by atoms with Crippen LogP contribution in [0.1, 0.15) is 34.6 Å². The fourth-order valence-corrected chi connectivity index (χ4v) is 1.84. The molecule has 22 heavy (non-hydrogen) atoms. The van der Waals surface area contributed by atoms with Gasteiger partial charge in [0.2, 0.25) is 0 Å². The van der Waals surface area contributed by atoms with Gasteiger partial charge < -0.3 is 4.74 Å². The second-order valence-corrected chi connectivity index (χ2v) is 4.00. The summed E-state index contributed by atoms with van der Waals surface area (Å²) >= 11 is 1.82. The summed E-state index contributed by atoms with van der Waals surface area (Å²) in [6.45, 7) is 19.6. The van der Waals surface area contributed by atoms with Crippen LogP contribution in [0.2, 0.25) is 0 Å². The molecule has 0 unspecified atom stereocenters. The van der Waals surface area contributed by atoms with Gasteiger partial charge in [-0.25, -0.2) is 4.79 Å². The Balaban J connectivity index is -0.000000535. The summed E-state index contributed by atoms with van der Waals surface area (Å²) in [5.74, 6) is 5.97. The van der Waals surface area contributed by atoms with Gasteiger partial charge >= 0.3 is 55.6 Å². The Morgan fingerprint density at radius 1 is 1.05 bits per heavy atom. The second-order valence-electron chi connectivity index (χ2n) is 4.00. The number of hydrogen-bond donors (Lipinski definition) is 0. The number of carbonyl (C=O) groups excluding carboxylic acids is 1. The van der Waals surface area contributed by atoms with Crippen LogP contribution in [0.4, 0.5) is 0 Å². The molecule has 1 fully saturated rings. The van der Waals surface area contributed by atoms with Crippen molar-refractivity contribution in [2.24, 2.45) is 0 Å². The predicted octanol–water partition coefficient (Wildman–Crippen LogP) is 3.68. The van der Waals surface area contributed by atoms with E-state index >= 15 is 0 Å². The van der Waals surface area contributed by atoms with Gasteiger partial charge in [-0.2, -0.15) is 0 Å². The van der Waals surface area contributed by atoms with Gasteiger partial charge in [0.05, 0.1) is 6.61 Å². The minimum atomic E-state index is -0.280. The molecule has 0 aromatic carbocycles. The number of ether oxygens (including phenoxy) is 1. The van der Waals surface area contributed by atoms with Crippen LogP contribution in [-0.2, 0) is 36.1 Å². The van der Waals surface area contributed by atoms with Crippen molar-refractivity contribution in [3.63, 3.8) is 0 Å². The molecule has 0 spiro atoms. The van der Waals surface area contributed by atoms with E-state index in [0.717, 1.165) is 5.92 Å². The number of halogens is 1. The molecule has 0 aliphatic heterocycles. The maximum absolute atomic E-state index is 11.2. The Morgan fingerprint density at radius 2 is 1.41 bits per heavy atom. The monoisotopic (exact) mass is 412 g/mol. The zero-order chi connectivity index (χ0) is 18.3. The van der Waals surface area contributed by atoms with Crippen molar-refractivity contribution in [3.8, 4) is 0 Å². The van der Waals surface area contributed by atoms with Crippen molar-refractivity contribution in [2.75, 3.05) is 6.61 Å². The van der Waals surface area contributed by atoms with E-state index < -0.39 is 0 Å². The van der Waals surface area contributed by atoms with Crippen LogP contribution >= 0.6 is 9.69 Å². The van der Waals surface area contributed by atoms with Gasteiger partial charge in [-0.05, 0) is 30.6 Å². The Bertz CT molecular complexity index is 335. The van der Waals surface area contributed by atoms with Crippen molar-refractivity contribution in [1.82, 2.24) is 0 Å². The summed E-state index contributed by atoms with van der Waals surface area (Å²) in [6, 6.07) is 0. The molecule has 5 radical (unpaired) electrons. The summed E-state index contributed by atoms with van der Waals surface area (Å²) < 4.78 is 19.9. The molecule has 0 saturated heterocycles. The van der Waals surface area contributed by atoms with Crippen LogP contribution in [-0.4, -0.2) is 12.6 Å². The number of esters is 1. The van der Waals surface area contributed by atoms with Gasteiger partial charge in [-0.15, -0.1) is 0 Å². The zero-order valence-corrected chi connectivity index (χ0v) is 15.7. The van der Waals surface area contributed by atoms with E-state index in [4.69, 9.17) is 14.0 Å². The molecule has 0 aromatic rings. The number of carbonyl (C=O) groups is 1. The van der Waals surface area contributed by atoms with Gasteiger partial charge in [0, 0.05) is 12.0 Å². The molecule has 0 amide bonds. The van der Waals surface area contributed by atoms with E-state index in [1.807, 2.05) is 23.4 Å². The van der Waals surface area contributed by atoms with Crippen LogP contribution in [0.5, 0.6) is 0 Å². The Hall–Kier alpha value is -0.397. The number of hydrogen-bond acceptors (Lipinski definition) is 2. The quantitative estimate of drug-likeness (QED) is 0.234. The van der Waals surface area contributed by atoms with Crippen LogP contribution < -0.4 is 0 Å². The third kappa shape index (κ3) is 8.90. The van der Waals surface area contributed by atoms with E-state index in [-0.39, 0.29) is 5.97 Å². The van der Waals surface area contributed by atoms with Crippen molar-refractivity contribution in [1.29, 1.82) is 0 Å². The number of allylic oxidation sites excluding steroid dienone is 1. The fourth-order valence-electron chi connectivity index (χ4n) is 1.84. The Labute approximate surface area is 148 Å². The SMILES string of the molecule is CCOC(=O)/C=C/[C]1[C](C)[C](C)[C](C)[C]1C.[C-]#[O+].[C-]#[O+].[Cl][Ru+]. The topological polar surface area (TPSA) is 66.1 Å². The summed E-state index contributed by atoms with van der Waals surface area (Å²) in [7, 11) is 4.57. The molecule has 0 N–H and O–H groups in total. The zero-order valence-electron chi connectivity index (χ0n) is 13.2. The third-order valence-corrected chi connectivity index (χ3v) is 3.17. The van der Waals surface area contributed by atoms with Crippen LogP contribution in [0.15, 0.2) is 12.2 Å². The molecule has 0 bridgehead atoms. The summed E-state index contributed by atoms with van der Waals surface area (Å²) in [5.41, 5.74) is 0. The van der Waals surface area contributed by atoms with Crippen LogP contribution in [0.3, 0.4) is 0 Å². The summed E-state index contributed by atoms with van der Waals surface area (Å²) in [4.78, 5) is 11.2. The molecule has 1 rings (SSSR count). The summed E-state index contributed by atoms with van der Waals surface area (Å²) in [6.07, 6.45) is 3.35. The van der Waals surface area contributed by atoms with Crippen molar-refractivity contribution >= 4 is 15.7 Å². The molecule has 0 atom stereocenters. The predicted molar refractivity (Wildman–Crippen MR) is 78.4 cm³/mol. The molecule has 0 heterocycles. The average Bonchev–Trinajstić information content (AvgIpc) is 2.75. The molecular weight excluding hydrogens is 393 g/mol. The molecule has 1 aliphatic rings.